The Balaban J connectivity index is 2.30. The predicted octanol–water partition coefficient (Wildman–Crippen LogP) is 1.85. The fraction of sp³-hybridized carbons (Fsp3) is 0.462. The molecular formula is C13H17ClN2O3S. The van der Waals surface area contributed by atoms with Crippen LogP contribution in [0, 0.1) is 0 Å². The summed E-state index contributed by atoms with van der Waals surface area (Å²) in [6.07, 6.45) is 1.73. The van der Waals surface area contributed by atoms with Gasteiger partial charge >= 0.3 is 0 Å². The second-order valence-corrected chi connectivity index (χ2v) is 7.69. The summed E-state index contributed by atoms with van der Waals surface area (Å²) in [7, 11) is -1.84. The van der Waals surface area contributed by atoms with Crippen LogP contribution in [-0.4, -0.2) is 32.4 Å². The fourth-order valence-corrected chi connectivity index (χ4v) is 4.42. The van der Waals surface area contributed by atoms with Gasteiger partial charge < -0.3 is 10.6 Å². The molecule has 0 saturated carbocycles. The first-order chi connectivity index (χ1) is 9.33. The van der Waals surface area contributed by atoms with Gasteiger partial charge in [0.2, 0.25) is 5.91 Å². The quantitative estimate of drug-likeness (QED) is 0.844. The maximum absolute atomic E-state index is 12.4. The smallest absolute Gasteiger partial charge is 0.245 e. The Kier molecular flexibility index (Phi) is 4.25. The highest BCUT2D eigenvalue weighted by atomic mass is 35.5. The normalized spacial score (nSPS) is 21.4. The summed E-state index contributed by atoms with van der Waals surface area (Å²) in [5.74, 6) is -0.374. The Bertz CT molecular complexity index is 631. The number of nitrogens with two attached hydrogens (primary N) is 1. The molecule has 1 aliphatic heterocycles. The van der Waals surface area contributed by atoms with Crippen LogP contribution in [0.2, 0.25) is 5.02 Å². The van der Waals surface area contributed by atoms with Crippen molar-refractivity contribution in [3.8, 4) is 0 Å². The van der Waals surface area contributed by atoms with Crippen molar-refractivity contribution in [2.75, 3.05) is 23.4 Å². The van der Waals surface area contributed by atoms with Gasteiger partial charge in [0, 0.05) is 12.1 Å². The molecule has 1 saturated heterocycles. The van der Waals surface area contributed by atoms with Crippen LogP contribution in [0.15, 0.2) is 18.2 Å². The van der Waals surface area contributed by atoms with E-state index in [1.807, 2.05) is 0 Å². The molecule has 110 valence electrons. The van der Waals surface area contributed by atoms with Crippen LogP contribution < -0.4 is 10.6 Å². The molecule has 0 bridgehead atoms. The summed E-state index contributed by atoms with van der Waals surface area (Å²) in [6, 6.07) is 4.77. The maximum atomic E-state index is 12.4. The number of nitrogens with zero attached hydrogens (tertiary/aromatic N) is 1. The Morgan fingerprint density at radius 1 is 1.40 bits per heavy atom. The monoisotopic (exact) mass is 316 g/mol. The van der Waals surface area contributed by atoms with Crippen LogP contribution in [0.3, 0.4) is 0 Å². The second-order valence-electron chi connectivity index (χ2n) is 4.95. The summed E-state index contributed by atoms with van der Waals surface area (Å²) in [6.45, 7) is 0. The molecule has 1 unspecified atom stereocenters. The molecule has 0 aliphatic carbocycles. The van der Waals surface area contributed by atoms with Gasteiger partial charge in [-0.2, -0.15) is 0 Å². The van der Waals surface area contributed by atoms with Crippen molar-refractivity contribution in [1.82, 2.24) is 0 Å². The third kappa shape index (κ3) is 2.91. The van der Waals surface area contributed by atoms with E-state index in [2.05, 4.69) is 0 Å². The summed E-state index contributed by atoms with van der Waals surface area (Å²) < 4.78 is 24.0. The maximum Gasteiger partial charge on any atom is 0.245 e. The fourth-order valence-electron chi connectivity index (χ4n) is 2.37. The molecule has 1 amide bonds. The average molecular weight is 317 g/mol. The lowest BCUT2D eigenvalue weighted by Crippen LogP contribution is -2.44. The molecule has 0 spiro atoms. The van der Waals surface area contributed by atoms with E-state index in [1.165, 1.54) is 11.9 Å². The minimum Gasteiger partial charge on any atom is -0.397 e. The number of halogens is 1. The van der Waals surface area contributed by atoms with E-state index in [9.17, 15) is 13.2 Å². The first-order valence-electron chi connectivity index (χ1n) is 6.37. The van der Waals surface area contributed by atoms with E-state index < -0.39 is 21.0 Å². The first kappa shape index (κ1) is 15.1. The third-order valence-corrected chi connectivity index (χ3v) is 5.94. The number of benzene rings is 1. The van der Waals surface area contributed by atoms with E-state index in [1.54, 1.807) is 18.2 Å². The number of nitrogen functional groups attached to an aromatic ring is 1. The minimum absolute atomic E-state index is 0.0717. The number of hydrogen-bond donors (Lipinski definition) is 1. The van der Waals surface area contributed by atoms with Crippen molar-refractivity contribution in [2.24, 2.45) is 0 Å². The van der Waals surface area contributed by atoms with E-state index in [-0.39, 0.29) is 5.75 Å². The summed E-state index contributed by atoms with van der Waals surface area (Å²) in [5, 5.41) is -0.528. The van der Waals surface area contributed by atoms with Crippen LogP contribution in [-0.2, 0) is 14.6 Å². The van der Waals surface area contributed by atoms with E-state index in [0.717, 1.165) is 6.42 Å². The van der Waals surface area contributed by atoms with Gasteiger partial charge in [0.05, 0.1) is 17.1 Å². The lowest BCUT2D eigenvalue weighted by Gasteiger charge is -2.27. The molecule has 2 rings (SSSR count). The molecule has 1 atom stereocenters. The summed E-state index contributed by atoms with van der Waals surface area (Å²) in [4.78, 5) is 13.7. The van der Waals surface area contributed by atoms with Gasteiger partial charge in [0.15, 0.2) is 9.84 Å². The Morgan fingerprint density at radius 2 is 2.10 bits per heavy atom. The van der Waals surface area contributed by atoms with Crippen LogP contribution in [0.1, 0.15) is 19.3 Å². The zero-order valence-electron chi connectivity index (χ0n) is 11.2. The predicted molar refractivity (Wildman–Crippen MR) is 80.7 cm³/mol. The van der Waals surface area contributed by atoms with Gasteiger partial charge in [-0.1, -0.05) is 18.0 Å². The second kappa shape index (κ2) is 5.61. The van der Waals surface area contributed by atoms with Crippen molar-refractivity contribution in [3.05, 3.63) is 23.2 Å². The number of hydrogen-bond acceptors (Lipinski definition) is 4. The van der Waals surface area contributed by atoms with E-state index >= 15 is 0 Å². The molecule has 20 heavy (non-hydrogen) atoms. The largest absolute Gasteiger partial charge is 0.397 e. The van der Waals surface area contributed by atoms with Gasteiger partial charge in [0.25, 0.3) is 0 Å². The molecule has 5 nitrogen and oxygen atoms in total. The highest BCUT2D eigenvalue weighted by molar-refractivity contribution is 7.92. The average Bonchev–Trinajstić information content (AvgIpc) is 2.39. The number of carbonyl (C=O) groups is 1. The molecule has 7 heteroatoms. The summed E-state index contributed by atoms with van der Waals surface area (Å²) >= 11 is 5.90. The number of anilines is 2. The number of amides is 1. The molecule has 0 radical (unpaired) electrons. The van der Waals surface area contributed by atoms with E-state index in [0.29, 0.717) is 29.2 Å². The van der Waals surface area contributed by atoms with Crippen LogP contribution in [0.4, 0.5) is 11.4 Å². The van der Waals surface area contributed by atoms with Crippen molar-refractivity contribution < 1.29 is 13.2 Å². The van der Waals surface area contributed by atoms with Gasteiger partial charge in [-0.25, -0.2) is 8.42 Å². The Morgan fingerprint density at radius 3 is 2.75 bits per heavy atom. The highest BCUT2D eigenvalue weighted by Gasteiger charge is 2.37. The van der Waals surface area contributed by atoms with Crippen molar-refractivity contribution in [2.45, 2.75) is 24.5 Å². The SMILES string of the molecule is CN(C(=O)C1CCCCS1(=O)=O)c1cc(Cl)ccc1N. The lowest BCUT2D eigenvalue weighted by atomic mass is 10.1. The first-order valence-corrected chi connectivity index (χ1v) is 8.46. The molecule has 1 aliphatic rings. The topological polar surface area (TPSA) is 80.5 Å². The lowest BCUT2D eigenvalue weighted by molar-refractivity contribution is -0.118. The Hall–Kier alpha value is -1.27. The van der Waals surface area contributed by atoms with Crippen molar-refractivity contribution >= 4 is 38.7 Å². The van der Waals surface area contributed by atoms with Crippen LogP contribution >= 0.6 is 11.6 Å². The molecule has 1 heterocycles. The van der Waals surface area contributed by atoms with Gasteiger partial charge in [0.1, 0.15) is 5.25 Å². The number of carbonyl (C=O) groups excluding carboxylic acids is 1. The van der Waals surface area contributed by atoms with Crippen molar-refractivity contribution in [3.63, 3.8) is 0 Å². The molecule has 2 N–H and O–H groups in total. The molecule has 1 aromatic carbocycles. The van der Waals surface area contributed by atoms with Gasteiger partial charge in [-0.3, -0.25) is 4.79 Å². The van der Waals surface area contributed by atoms with Gasteiger partial charge in [-0.15, -0.1) is 0 Å². The highest BCUT2D eigenvalue weighted by Crippen LogP contribution is 2.29. The van der Waals surface area contributed by atoms with Crippen LogP contribution in [0.5, 0.6) is 0 Å². The molecule has 0 aromatic heterocycles. The zero-order valence-corrected chi connectivity index (χ0v) is 12.7. The van der Waals surface area contributed by atoms with E-state index in [4.69, 9.17) is 17.3 Å². The summed E-state index contributed by atoms with van der Waals surface area (Å²) in [5.41, 5.74) is 6.64. The van der Waals surface area contributed by atoms with Crippen LogP contribution in [0.25, 0.3) is 0 Å². The van der Waals surface area contributed by atoms with Gasteiger partial charge in [-0.05, 0) is 31.0 Å². The number of rotatable bonds is 2. The van der Waals surface area contributed by atoms with Crippen molar-refractivity contribution in [1.29, 1.82) is 0 Å². The Labute approximate surface area is 123 Å². The minimum atomic E-state index is -3.36. The third-order valence-electron chi connectivity index (χ3n) is 3.54. The molecular weight excluding hydrogens is 300 g/mol. The molecule has 1 fully saturated rings. The molecule has 1 aromatic rings. The standard InChI is InChI=1S/C13H17ClN2O3S/c1-16(11-8-9(14)5-6-10(11)15)13(17)12-4-2-3-7-20(12,18)19/h5-6,8,12H,2-4,7,15H2,1H3. The zero-order chi connectivity index (χ0) is 14.9. The number of sulfone groups is 1.